The van der Waals surface area contributed by atoms with Crippen molar-refractivity contribution in [2.45, 2.75) is 38.3 Å². The second-order valence-electron chi connectivity index (χ2n) is 6.14. The first kappa shape index (κ1) is 17.4. The van der Waals surface area contributed by atoms with Crippen molar-refractivity contribution in [1.29, 1.82) is 0 Å². The van der Waals surface area contributed by atoms with Crippen LogP contribution in [0, 0.1) is 0 Å². The van der Waals surface area contributed by atoms with Crippen molar-refractivity contribution in [2.24, 2.45) is 0 Å². The number of hydrogen-bond donors (Lipinski definition) is 2. The molecule has 8 nitrogen and oxygen atoms in total. The summed E-state index contributed by atoms with van der Waals surface area (Å²) in [6.07, 6.45) is 2.30. The number of rotatable bonds is 4. The second kappa shape index (κ2) is 6.67. The smallest absolute Gasteiger partial charge is 0.328 e. The molecule has 8 heteroatoms. The van der Waals surface area contributed by atoms with Crippen molar-refractivity contribution >= 4 is 5.91 Å². The molecule has 1 amide bonds. The monoisotopic (exact) mass is 325 g/mol. The van der Waals surface area contributed by atoms with Gasteiger partial charge in [-0.2, -0.15) is 0 Å². The number of nitrogens with one attached hydrogen (secondary N) is 1. The van der Waals surface area contributed by atoms with Crippen LogP contribution in [0.1, 0.15) is 43.1 Å². The summed E-state index contributed by atoms with van der Waals surface area (Å²) in [5, 5.41) is 9.43. The molecular weight excluding hydrogens is 302 g/mol. The van der Waals surface area contributed by atoms with Crippen molar-refractivity contribution in [2.75, 3.05) is 26.8 Å². The number of amides is 1. The summed E-state index contributed by atoms with van der Waals surface area (Å²) < 4.78 is 6.68. The Balaban J connectivity index is 2.24. The van der Waals surface area contributed by atoms with E-state index in [1.807, 2.05) is 0 Å². The van der Waals surface area contributed by atoms with Gasteiger partial charge in [-0.3, -0.25) is 19.1 Å². The molecule has 2 N–H and O–H groups in total. The van der Waals surface area contributed by atoms with Gasteiger partial charge in [-0.1, -0.05) is 0 Å². The van der Waals surface area contributed by atoms with Crippen LogP contribution in [0.25, 0.3) is 0 Å². The maximum absolute atomic E-state index is 12.6. The predicted octanol–water partition coefficient (Wildman–Crippen LogP) is -0.269. The van der Waals surface area contributed by atoms with E-state index < -0.39 is 22.8 Å². The summed E-state index contributed by atoms with van der Waals surface area (Å²) in [5.74, 6) is -0.414. The van der Waals surface area contributed by atoms with Crippen LogP contribution < -0.4 is 11.2 Å². The van der Waals surface area contributed by atoms with Crippen molar-refractivity contribution in [1.82, 2.24) is 14.5 Å². The van der Waals surface area contributed by atoms with Gasteiger partial charge in [0.25, 0.3) is 11.5 Å². The molecule has 1 fully saturated rings. The lowest BCUT2D eigenvalue weighted by atomic mass is 9.92. The van der Waals surface area contributed by atoms with E-state index in [0.29, 0.717) is 25.9 Å². The first-order valence-corrected chi connectivity index (χ1v) is 7.64. The quantitative estimate of drug-likeness (QED) is 0.793. The van der Waals surface area contributed by atoms with E-state index >= 15 is 0 Å². The topological polar surface area (TPSA) is 105 Å². The summed E-state index contributed by atoms with van der Waals surface area (Å²) in [6.45, 7) is 4.25. The van der Waals surface area contributed by atoms with E-state index in [9.17, 15) is 19.5 Å². The molecule has 1 aliphatic rings. The molecular formula is C15H23N3O5. The predicted molar refractivity (Wildman–Crippen MR) is 83.7 cm³/mol. The molecule has 1 aromatic rings. The molecule has 2 heterocycles. The van der Waals surface area contributed by atoms with Crippen molar-refractivity contribution in [3.05, 3.63) is 32.6 Å². The van der Waals surface area contributed by atoms with Crippen LogP contribution in [0.3, 0.4) is 0 Å². The molecule has 0 unspecified atom stereocenters. The lowest BCUT2D eigenvalue weighted by Crippen LogP contribution is -2.50. The average Bonchev–Trinajstić information content (AvgIpc) is 2.54. The number of nitrogens with zero attached hydrogens (tertiary/aromatic N) is 2. The average molecular weight is 325 g/mol. The molecule has 128 valence electrons. The summed E-state index contributed by atoms with van der Waals surface area (Å²) in [6, 6.07) is -0.164. The Morgan fingerprint density at radius 1 is 1.39 bits per heavy atom. The van der Waals surface area contributed by atoms with Crippen LogP contribution in [0.15, 0.2) is 15.8 Å². The van der Waals surface area contributed by atoms with E-state index in [2.05, 4.69) is 4.98 Å². The Bertz CT molecular complexity index is 677. The van der Waals surface area contributed by atoms with E-state index in [-0.39, 0.29) is 18.2 Å². The Labute approximate surface area is 133 Å². The lowest BCUT2D eigenvalue weighted by Gasteiger charge is -2.39. The molecule has 0 bridgehead atoms. The number of carbonyl (C=O) groups excluding carboxylic acids is 1. The van der Waals surface area contributed by atoms with Crippen LogP contribution in [0.2, 0.25) is 0 Å². The standard InChI is InChI=1S/C15H23N3O5/c1-10(2)18-8-11(12(20)16-14(18)22)13(21)17-6-4-15(9-19,23-3)5-7-17/h8,10,19H,4-7,9H2,1-3H3,(H,16,20,22). The first-order valence-electron chi connectivity index (χ1n) is 7.64. The highest BCUT2D eigenvalue weighted by atomic mass is 16.5. The van der Waals surface area contributed by atoms with E-state index in [0.717, 1.165) is 0 Å². The van der Waals surface area contributed by atoms with Crippen molar-refractivity contribution < 1.29 is 14.6 Å². The van der Waals surface area contributed by atoms with Gasteiger partial charge in [-0.15, -0.1) is 0 Å². The third-order valence-corrected chi connectivity index (χ3v) is 4.44. The fourth-order valence-electron chi connectivity index (χ4n) is 2.74. The third kappa shape index (κ3) is 3.37. The Morgan fingerprint density at radius 2 is 2.00 bits per heavy atom. The summed E-state index contributed by atoms with van der Waals surface area (Å²) in [4.78, 5) is 40.0. The number of ether oxygens (including phenoxy) is 1. The van der Waals surface area contributed by atoms with Crippen molar-refractivity contribution in [3.63, 3.8) is 0 Å². The van der Waals surface area contributed by atoms with Gasteiger partial charge in [-0.25, -0.2) is 4.79 Å². The maximum Gasteiger partial charge on any atom is 0.328 e. The van der Waals surface area contributed by atoms with Crippen LogP contribution in [-0.2, 0) is 4.74 Å². The van der Waals surface area contributed by atoms with Gasteiger partial charge in [0.15, 0.2) is 0 Å². The van der Waals surface area contributed by atoms with E-state index in [1.165, 1.54) is 17.9 Å². The zero-order valence-electron chi connectivity index (χ0n) is 13.7. The number of H-pyrrole nitrogens is 1. The highest BCUT2D eigenvalue weighted by Crippen LogP contribution is 2.25. The SMILES string of the molecule is COC1(CO)CCN(C(=O)c2cn(C(C)C)c(=O)[nH]c2=O)CC1. The summed E-state index contributed by atoms with van der Waals surface area (Å²) >= 11 is 0. The van der Waals surface area contributed by atoms with Gasteiger partial charge >= 0.3 is 5.69 Å². The Kier molecular flexibility index (Phi) is 5.06. The molecule has 0 spiro atoms. The minimum Gasteiger partial charge on any atom is -0.393 e. The second-order valence-corrected chi connectivity index (χ2v) is 6.14. The van der Waals surface area contributed by atoms with Crippen molar-refractivity contribution in [3.8, 4) is 0 Å². The molecule has 2 rings (SSSR count). The van der Waals surface area contributed by atoms with Gasteiger partial charge in [-0.05, 0) is 26.7 Å². The molecule has 0 aliphatic carbocycles. The number of hydrogen-bond acceptors (Lipinski definition) is 5. The van der Waals surface area contributed by atoms with E-state index in [4.69, 9.17) is 4.74 Å². The fraction of sp³-hybridized carbons (Fsp3) is 0.667. The number of aromatic amines is 1. The van der Waals surface area contributed by atoms with Gasteiger partial charge in [0, 0.05) is 32.4 Å². The zero-order valence-corrected chi connectivity index (χ0v) is 13.7. The maximum atomic E-state index is 12.6. The number of aromatic nitrogens is 2. The molecule has 1 aromatic heterocycles. The normalized spacial score (nSPS) is 17.5. The number of aliphatic hydroxyl groups excluding tert-OH is 1. The highest BCUT2D eigenvalue weighted by Gasteiger charge is 2.36. The number of methoxy groups -OCH3 is 1. The van der Waals surface area contributed by atoms with E-state index in [1.54, 1.807) is 18.7 Å². The van der Waals surface area contributed by atoms with Crippen LogP contribution in [-0.4, -0.2) is 57.9 Å². The summed E-state index contributed by atoms with van der Waals surface area (Å²) in [5.41, 5.74) is -1.88. The van der Waals surface area contributed by atoms with Gasteiger partial charge in [0.2, 0.25) is 0 Å². The lowest BCUT2D eigenvalue weighted by molar-refractivity contribution is -0.0846. The molecule has 0 atom stereocenters. The largest absolute Gasteiger partial charge is 0.393 e. The molecule has 1 saturated heterocycles. The Hall–Kier alpha value is -1.93. The molecule has 23 heavy (non-hydrogen) atoms. The number of carbonyl (C=O) groups is 1. The van der Waals surface area contributed by atoms with Gasteiger partial charge < -0.3 is 14.7 Å². The zero-order chi connectivity index (χ0) is 17.2. The van der Waals surface area contributed by atoms with Crippen LogP contribution in [0.4, 0.5) is 0 Å². The fourth-order valence-corrected chi connectivity index (χ4v) is 2.74. The third-order valence-electron chi connectivity index (χ3n) is 4.44. The molecule has 0 saturated carbocycles. The minimum absolute atomic E-state index is 0.0489. The number of piperidine rings is 1. The number of aliphatic hydroxyl groups is 1. The molecule has 1 aliphatic heterocycles. The molecule has 0 radical (unpaired) electrons. The van der Waals surface area contributed by atoms with Crippen LogP contribution >= 0.6 is 0 Å². The Morgan fingerprint density at radius 3 is 2.48 bits per heavy atom. The minimum atomic E-state index is -0.678. The first-order chi connectivity index (χ1) is 10.8. The molecule has 0 aromatic carbocycles. The summed E-state index contributed by atoms with van der Waals surface area (Å²) in [7, 11) is 1.54. The highest BCUT2D eigenvalue weighted by molar-refractivity contribution is 5.93. The number of likely N-dealkylation sites (tertiary alicyclic amines) is 1. The van der Waals surface area contributed by atoms with Gasteiger partial charge in [0.1, 0.15) is 5.56 Å². The van der Waals surface area contributed by atoms with Gasteiger partial charge in [0.05, 0.1) is 12.2 Å². The van der Waals surface area contributed by atoms with Crippen LogP contribution in [0.5, 0.6) is 0 Å².